The highest BCUT2D eigenvalue weighted by molar-refractivity contribution is 6.29. The van der Waals surface area contributed by atoms with Crippen LogP contribution in [-0.2, 0) is 4.80 Å². The van der Waals surface area contributed by atoms with Crippen LogP contribution < -0.4 is 0 Å². The standard InChI is InChI=1S/C7H17OSi/c1-5-6(2)7(3,4)9-8/h6H,5,9H2,1-4H3. The summed E-state index contributed by atoms with van der Waals surface area (Å²) in [5.74, 6) is 0.613. The predicted molar refractivity (Wildman–Crippen MR) is 42.7 cm³/mol. The zero-order valence-corrected chi connectivity index (χ0v) is 8.31. The minimum absolute atomic E-state index is 0.134. The van der Waals surface area contributed by atoms with Gasteiger partial charge in [-0.1, -0.05) is 34.1 Å². The zero-order chi connectivity index (χ0) is 7.49. The molecule has 0 aromatic rings. The summed E-state index contributed by atoms with van der Waals surface area (Å²) in [7, 11) is -1.07. The smallest absolute Gasteiger partial charge is 0.212 e. The second kappa shape index (κ2) is 3.37. The van der Waals surface area contributed by atoms with Gasteiger partial charge in [-0.15, -0.1) is 0 Å². The molecule has 0 heterocycles. The molecule has 9 heavy (non-hydrogen) atoms. The van der Waals surface area contributed by atoms with Crippen molar-refractivity contribution < 1.29 is 4.80 Å². The number of hydrogen-bond acceptors (Lipinski definition) is 0. The van der Waals surface area contributed by atoms with E-state index in [0.29, 0.717) is 5.92 Å². The highest BCUT2D eigenvalue weighted by atomic mass is 28.2. The van der Waals surface area contributed by atoms with Gasteiger partial charge in [0, 0.05) is 0 Å². The van der Waals surface area contributed by atoms with Crippen LogP contribution >= 0.6 is 0 Å². The van der Waals surface area contributed by atoms with Gasteiger partial charge in [0.1, 0.15) is 0 Å². The average molecular weight is 145 g/mol. The molecule has 0 aromatic heterocycles. The van der Waals surface area contributed by atoms with Crippen molar-refractivity contribution >= 4 is 9.76 Å². The molecule has 0 N–H and O–H groups in total. The Morgan fingerprint density at radius 1 is 1.56 bits per heavy atom. The molecule has 1 atom stereocenters. The van der Waals surface area contributed by atoms with Crippen LogP contribution in [0.4, 0.5) is 0 Å². The van der Waals surface area contributed by atoms with Gasteiger partial charge in [0.05, 0.1) is 0 Å². The van der Waals surface area contributed by atoms with E-state index in [9.17, 15) is 4.80 Å². The zero-order valence-electron chi connectivity index (χ0n) is 6.90. The first-order chi connectivity index (χ1) is 4.04. The van der Waals surface area contributed by atoms with E-state index in [4.69, 9.17) is 0 Å². The monoisotopic (exact) mass is 145 g/mol. The van der Waals surface area contributed by atoms with Crippen molar-refractivity contribution in [2.45, 2.75) is 39.2 Å². The molecule has 1 nitrogen and oxygen atoms in total. The summed E-state index contributed by atoms with van der Waals surface area (Å²) in [6.45, 7) is 8.52. The molecule has 0 aliphatic heterocycles. The molecular formula is C7H17OSi. The van der Waals surface area contributed by atoms with Crippen molar-refractivity contribution in [3.8, 4) is 0 Å². The third-order valence-electron chi connectivity index (χ3n) is 2.32. The van der Waals surface area contributed by atoms with Crippen molar-refractivity contribution in [1.29, 1.82) is 0 Å². The summed E-state index contributed by atoms with van der Waals surface area (Å²) in [5, 5.41) is 0.134. The van der Waals surface area contributed by atoms with Crippen molar-refractivity contribution in [2.75, 3.05) is 0 Å². The van der Waals surface area contributed by atoms with E-state index in [0.717, 1.165) is 6.42 Å². The molecule has 0 fully saturated rings. The molecule has 0 bridgehead atoms. The molecule has 0 amide bonds. The molecule has 0 saturated heterocycles. The lowest BCUT2D eigenvalue weighted by Crippen LogP contribution is -2.19. The Bertz CT molecular complexity index is 81.0. The minimum atomic E-state index is -1.07. The maximum atomic E-state index is 10.7. The van der Waals surface area contributed by atoms with Crippen molar-refractivity contribution in [3.63, 3.8) is 0 Å². The Balaban J connectivity index is 3.80. The van der Waals surface area contributed by atoms with Gasteiger partial charge >= 0.3 is 0 Å². The second-order valence-electron chi connectivity index (χ2n) is 3.44. The quantitative estimate of drug-likeness (QED) is 0.539. The van der Waals surface area contributed by atoms with E-state index in [1.54, 1.807) is 0 Å². The Labute approximate surface area is 60.4 Å². The first-order valence-electron chi connectivity index (χ1n) is 3.62. The van der Waals surface area contributed by atoms with E-state index >= 15 is 0 Å². The minimum Gasteiger partial charge on any atom is -0.306 e. The Hall–Kier alpha value is 0.177. The maximum Gasteiger partial charge on any atom is 0.212 e. The van der Waals surface area contributed by atoms with Gasteiger partial charge in [0.2, 0.25) is 9.76 Å². The van der Waals surface area contributed by atoms with Crippen LogP contribution in [0.25, 0.3) is 0 Å². The molecule has 55 valence electrons. The Morgan fingerprint density at radius 2 is 2.00 bits per heavy atom. The summed E-state index contributed by atoms with van der Waals surface area (Å²) in [4.78, 5) is 10.7. The highest BCUT2D eigenvalue weighted by Crippen LogP contribution is 2.34. The van der Waals surface area contributed by atoms with Gasteiger partial charge < -0.3 is 4.80 Å². The molecule has 0 spiro atoms. The van der Waals surface area contributed by atoms with E-state index in [-0.39, 0.29) is 5.04 Å². The van der Waals surface area contributed by atoms with Gasteiger partial charge in [-0.3, -0.25) is 0 Å². The predicted octanol–water partition coefficient (Wildman–Crippen LogP) is 1.75. The van der Waals surface area contributed by atoms with E-state index < -0.39 is 9.76 Å². The van der Waals surface area contributed by atoms with Crippen molar-refractivity contribution in [3.05, 3.63) is 0 Å². The number of hydrogen-bond donors (Lipinski definition) is 0. The van der Waals surface area contributed by atoms with Gasteiger partial charge in [-0.25, -0.2) is 0 Å². The summed E-state index contributed by atoms with van der Waals surface area (Å²) in [5.41, 5.74) is 0. The molecule has 0 aromatic carbocycles. The first kappa shape index (κ1) is 9.18. The van der Waals surface area contributed by atoms with Gasteiger partial charge in [0.15, 0.2) is 0 Å². The van der Waals surface area contributed by atoms with Crippen LogP contribution in [0.5, 0.6) is 0 Å². The lowest BCUT2D eigenvalue weighted by molar-refractivity contribution is 0.357. The van der Waals surface area contributed by atoms with Crippen LogP contribution in [0.1, 0.15) is 34.1 Å². The molecule has 0 aliphatic carbocycles. The fraction of sp³-hybridized carbons (Fsp3) is 1.00. The van der Waals surface area contributed by atoms with E-state index in [1.165, 1.54) is 0 Å². The third kappa shape index (κ3) is 2.50. The van der Waals surface area contributed by atoms with E-state index in [1.807, 2.05) is 0 Å². The summed E-state index contributed by atoms with van der Waals surface area (Å²) >= 11 is 0. The lowest BCUT2D eigenvalue weighted by atomic mass is 9.94. The fourth-order valence-electron chi connectivity index (χ4n) is 0.695. The first-order valence-corrected chi connectivity index (χ1v) is 4.91. The molecule has 0 aliphatic rings. The van der Waals surface area contributed by atoms with Crippen LogP contribution in [0.15, 0.2) is 0 Å². The molecule has 2 heteroatoms. The molecule has 0 rings (SSSR count). The van der Waals surface area contributed by atoms with Gasteiger partial charge in [-0.2, -0.15) is 0 Å². The third-order valence-corrected chi connectivity index (χ3v) is 3.76. The lowest BCUT2D eigenvalue weighted by Gasteiger charge is -2.26. The summed E-state index contributed by atoms with van der Waals surface area (Å²) in [6.07, 6.45) is 1.14. The molecular weight excluding hydrogens is 128 g/mol. The molecule has 0 saturated carbocycles. The Kier molecular flexibility index (Phi) is 3.44. The second-order valence-corrected chi connectivity index (χ2v) is 5.55. The van der Waals surface area contributed by atoms with E-state index in [2.05, 4.69) is 27.7 Å². The maximum absolute atomic E-state index is 10.7. The number of rotatable bonds is 3. The summed E-state index contributed by atoms with van der Waals surface area (Å²) in [6, 6.07) is 0. The largest absolute Gasteiger partial charge is 0.306 e. The van der Waals surface area contributed by atoms with Crippen molar-refractivity contribution in [1.82, 2.24) is 0 Å². The van der Waals surface area contributed by atoms with Gasteiger partial charge in [0.25, 0.3) is 0 Å². The molecule has 1 unspecified atom stereocenters. The SMILES string of the molecule is CCC(C)C(C)(C)[SiH2][O]. The topological polar surface area (TPSA) is 19.9 Å². The fourth-order valence-corrected chi connectivity index (χ4v) is 1.27. The Morgan fingerprint density at radius 3 is 2.11 bits per heavy atom. The van der Waals surface area contributed by atoms with Crippen LogP contribution in [0.3, 0.4) is 0 Å². The van der Waals surface area contributed by atoms with Crippen molar-refractivity contribution in [2.24, 2.45) is 5.92 Å². The normalized spacial score (nSPS) is 17.0. The average Bonchev–Trinajstić information content (AvgIpc) is 1.86. The summed E-state index contributed by atoms with van der Waals surface area (Å²) < 4.78 is 0. The van der Waals surface area contributed by atoms with Gasteiger partial charge in [-0.05, 0) is 11.0 Å². The van der Waals surface area contributed by atoms with Crippen LogP contribution in [-0.4, -0.2) is 9.76 Å². The highest BCUT2D eigenvalue weighted by Gasteiger charge is 2.24. The van der Waals surface area contributed by atoms with Crippen LogP contribution in [0.2, 0.25) is 5.04 Å². The molecule has 1 radical (unpaired) electrons. The van der Waals surface area contributed by atoms with Crippen LogP contribution in [0, 0.1) is 5.92 Å².